The maximum Gasteiger partial charge on any atom is 0.00823 e. The molecule has 0 fully saturated rings. The molecule has 0 aromatic heterocycles. The summed E-state index contributed by atoms with van der Waals surface area (Å²) in [5.41, 5.74) is 9.09. The molecule has 11 heavy (non-hydrogen) atoms. The average Bonchev–Trinajstić information content (AvgIpc) is 2.04. The van der Waals surface area contributed by atoms with Crippen LogP contribution < -0.4 is 5.73 Å². The molecule has 0 bridgehead atoms. The van der Waals surface area contributed by atoms with E-state index in [1.54, 1.807) is 5.57 Å². The lowest BCUT2D eigenvalue weighted by Crippen LogP contribution is -2.24. The molecule has 2 aliphatic rings. The minimum Gasteiger partial charge on any atom is -0.327 e. The Morgan fingerprint density at radius 2 is 2.27 bits per heavy atom. The number of hydrogen-bond acceptors (Lipinski definition) is 1. The number of nitrogens with two attached hydrogens (primary N) is 1. The predicted molar refractivity (Wildman–Crippen MR) is 47.2 cm³/mol. The molecule has 60 valence electrons. The molecule has 0 radical (unpaired) electrons. The molecule has 1 atom stereocenters. The van der Waals surface area contributed by atoms with Crippen LogP contribution in [0.1, 0.15) is 32.1 Å². The van der Waals surface area contributed by atoms with E-state index in [-0.39, 0.29) is 0 Å². The van der Waals surface area contributed by atoms with Gasteiger partial charge in [-0.3, -0.25) is 0 Å². The topological polar surface area (TPSA) is 26.0 Å². The molecule has 0 aliphatic heterocycles. The molecule has 0 saturated carbocycles. The Morgan fingerprint density at radius 3 is 3.18 bits per heavy atom. The van der Waals surface area contributed by atoms with Crippen LogP contribution in [-0.2, 0) is 0 Å². The highest BCUT2D eigenvalue weighted by Crippen LogP contribution is 2.30. The summed E-state index contributed by atoms with van der Waals surface area (Å²) in [6, 6.07) is 0.427. The van der Waals surface area contributed by atoms with Gasteiger partial charge in [0.05, 0.1) is 0 Å². The summed E-state index contributed by atoms with van der Waals surface area (Å²) in [5, 5.41) is 0. The van der Waals surface area contributed by atoms with Gasteiger partial charge < -0.3 is 5.73 Å². The summed E-state index contributed by atoms with van der Waals surface area (Å²) in [7, 11) is 0. The van der Waals surface area contributed by atoms with Gasteiger partial charge in [-0.15, -0.1) is 0 Å². The van der Waals surface area contributed by atoms with Crippen LogP contribution in [0.3, 0.4) is 0 Å². The Bertz CT molecular complexity index is 213. The van der Waals surface area contributed by atoms with Crippen molar-refractivity contribution < 1.29 is 0 Å². The van der Waals surface area contributed by atoms with E-state index in [0.29, 0.717) is 6.04 Å². The van der Waals surface area contributed by atoms with Gasteiger partial charge in [0.15, 0.2) is 0 Å². The van der Waals surface area contributed by atoms with Gasteiger partial charge in [0, 0.05) is 6.04 Å². The number of rotatable bonds is 0. The van der Waals surface area contributed by atoms with E-state index in [9.17, 15) is 0 Å². The fraction of sp³-hybridized carbons (Fsp3) is 0.600. The van der Waals surface area contributed by atoms with E-state index < -0.39 is 0 Å². The van der Waals surface area contributed by atoms with Crippen molar-refractivity contribution in [3.8, 4) is 0 Å². The first-order chi connectivity index (χ1) is 5.36. The van der Waals surface area contributed by atoms with Gasteiger partial charge in [0.25, 0.3) is 0 Å². The summed E-state index contributed by atoms with van der Waals surface area (Å²) >= 11 is 0. The zero-order valence-corrected chi connectivity index (χ0v) is 6.84. The fourth-order valence-electron chi connectivity index (χ4n) is 2.00. The Kier molecular flexibility index (Phi) is 1.82. The second kappa shape index (κ2) is 2.82. The molecular weight excluding hydrogens is 134 g/mol. The quantitative estimate of drug-likeness (QED) is 0.561. The molecule has 0 aromatic rings. The largest absolute Gasteiger partial charge is 0.327 e. The molecule has 0 heterocycles. The van der Waals surface area contributed by atoms with Crippen LogP contribution in [-0.4, -0.2) is 6.04 Å². The van der Waals surface area contributed by atoms with Gasteiger partial charge in [0.2, 0.25) is 0 Å². The summed E-state index contributed by atoms with van der Waals surface area (Å²) in [6.07, 6.45) is 10.7. The minimum atomic E-state index is 0.427. The lowest BCUT2D eigenvalue weighted by molar-refractivity contribution is 0.560. The SMILES string of the molecule is NC1CCC2=C(C=CCC2)C1. The zero-order valence-electron chi connectivity index (χ0n) is 6.84. The van der Waals surface area contributed by atoms with E-state index in [2.05, 4.69) is 12.2 Å². The van der Waals surface area contributed by atoms with Crippen molar-refractivity contribution in [3.63, 3.8) is 0 Å². The summed E-state index contributed by atoms with van der Waals surface area (Å²) in [5.74, 6) is 0. The molecule has 1 heteroatoms. The van der Waals surface area contributed by atoms with Crippen molar-refractivity contribution in [3.05, 3.63) is 23.3 Å². The monoisotopic (exact) mass is 149 g/mol. The molecule has 2 rings (SSSR count). The predicted octanol–water partition coefficient (Wildman–Crippen LogP) is 2.14. The second-order valence-corrected chi connectivity index (χ2v) is 3.57. The third-order valence-electron chi connectivity index (χ3n) is 2.68. The Hall–Kier alpha value is -0.560. The first-order valence-corrected chi connectivity index (χ1v) is 4.49. The highest BCUT2D eigenvalue weighted by atomic mass is 14.6. The molecule has 1 nitrogen and oxygen atoms in total. The molecule has 2 aliphatic carbocycles. The van der Waals surface area contributed by atoms with Crippen LogP contribution in [0.4, 0.5) is 0 Å². The average molecular weight is 149 g/mol. The lowest BCUT2D eigenvalue weighted by Gasteiger charge is -2.25. The molecule has 0 aromatic carbocycles. The smallest absolute Gasteiger partial charge is 0.00823 e. The fourth-order valence-corrected chi connectivity index (χ4v) is 2.00. The molecular formula is C10H15N. The standard InChI is InChI=1S/C10H15N/c11-10-6-5-8-3-1-2-4-9(8)7-10/h2,4,10H,1,3,5-7,11H2. The molecule has 0 saturated heterocycles. The van der Waals surface area contributed by atoms with Crippen LogP contribution in [0.25, 0.3) is 0 Å². The van der Waals surface area contributed by atoms with Crippen LogP contribution in [0, 0.1) is 0 Å². The molecule has 0 spiro atoms. The third-order valence-corrected chi connectivity index (χ3v) is 2.68. The van der Waals surface area contributed by atoms with Crippen LogP contribution >= 0.6 is 0 Å². The first-order valence-electron chi connectivity index (χ1n) is 4.49. The van der Waals surface area contributed by atoms with Gasteiger partial charge in [0.1, 0.15) is 0 Å². The van der Waals surface area contributed by atoms with E-state index >= 15 is 0 Å². The number of allylic oxidation sites excluding steroid dienone is 3. The lowest BCUT2D eigenvalue weighted by atomic mass is 9.84. The molecule has 1 unspecified atom stereocenters. The van der Waals surface area contributed by atoms with Crippen LogP contribution in [0.2, 0.25) is 0 Å². The highest BCUT2D eigenvalue weighted by molar-refractivity contribution is 5.32. The van der Waals surface area contributed by atoms with Crippen molar-refractivity contribution >= 4 is 0 Å². The van der Waals surface area contributed by atoms with E-state index in [1.165, 1.54) is 31.3 Å². The first kappa shape index (κ1) is 7.11. The Morgan fingerprint density at radius 1 is 1.36 bits per heavy atom. The summed E-state index contributed by atoms with van der Waals surface area (Å²) in [6.45, 7) is 0. The van der Waals surface area contributed by atoms with Crippen molar-refractivity contribution in [2.75, 3.05) is 0 Å². The van der Waals surface area contributed by atoms with Crippen molar-refractivity contribution in [2.24, 2.45) is 5.73 Å². The van der Waals surface area contributed by atoms with Crippen LogP contribution in [0.15, 0.2) is 23.3 Å². The van der Waals surface area contributed by atoms with Crippen LogP contribution in [0.5, 0.6) is 0 Å². The Balaban J connectivity index is 2.19. The second-order valence-electron chi connectivity index (χ2n) is 3.57. The van der Waals surface area contributed by atoms with E-state index in [0.717, 1.165) is 6.42 Å². The summed E-state index contributed by atoms with van der Waals surface area (Å²) < 4.78 is 0. The van der Waals surface area contributed by atoms with Gasteiger partial charge in [-0.2, -0.15) is 0 Å². The molecule has 0 amide bonds. The minimum absolute atomic E-state index is 0.427. The van der Waals surface area contributed by atoms with Crippen molar-refractivity contribution in [1.29, 1.82) is 0 Å². The van der Waals surface area contributed by atoms with Crippen molar-refractivity contribution in [1.82, 2.24) is 0 Å². The van der Waals surface area contributed by atoms with Gasteiger partial charge >= 0.3 is 0 Å². The third kappa shape index (κ3) is 1.38. The normalized spacial score (nSPS) is 30.5. The molecule has 2 N–H and O–H groups in total. The van der Waals surface area contributed by atoms with Gasteiger partial charge in [-0.05, 0) is 37.7 Å². The Labute approximate surface area is 68.0 Å². The maximum absolute atomic E-state index is 5.87. The zero-order chi connectivity index (χ0) is 7.68. The van der Waals surface area contributed by atoms with Crippen molar-refractivity contribution in [2.45, 2.75) is 38.1 Å². The number of hydrogen-bond donors (Lipinski definition) is 1. The van der Waals surface area contributed by atoms with E-state index in [4.69, 9.17) is 5.73 Å². The summed E-state index contributed by atoms with van der Waals surface area (Å²) in [4.78, 5) is 0. The highest BCUT2D eigenvalue weighted by Gasteiger charge is 2.17. The van der Waals surface area contributed by atoms with E-state index in [1.807, 2.05) is 0 Å². The van der Waals surface area contributed by atoms with Gasteiger partial charge in [-0.25, -0.2) is 0 Å². The van der Waals surface area contributed by atoms with Gasteiger partial charge in [-0.1, -0.05) is 17.7 Å². The maximum atomic E-state index is 5.87.